The lowest BCUT2D eigenvalue weighted by Gasteiger charge is -2.42. The zero-order chi connectivity index (χ0) is 12.6. The first-order valence-corrected chi connectivity index (χ1v) is 5.71. The minimum Gasteiger partial charge on any atom is -0.481 e. The van der Waals surface area contributed by atoms with E-state index in [0.29, 0.717) is 11.5 Å². The van der Waals surface area contributed by atoms with E-state index >= 15 is 0 Å². The number of hydrogen-bond donors (Lipinski definition) is 2. The Balaban J connectivity index is 1.91. The monoisotopic (exact) mass is 248 g/mol. The van der Waals surface area contributed by atoms with Crippen LogP contribution in [-0.2, 0) is 4.79 Å². The number of aliphatic carboxylic acids is 1. The average molecular weight is 248 g/mol. The number of nitrogens with zero attached hydrogens (tertiary/aromatic N) is 5. The molecule has 1 fully saturated rings. The molecule has 0 spiro atoms. The van der Waals surface area contributed by atoms with E-state index in [4.69, 9.17) is 5.11 Å². The van der Waals surface area contributed by atoms with Crippen molar-refractivity contribution in [3.05, 3.63) is 12.4 Å². The zero-order valence-corrected chi connectivity index (χ0v) is 9.57. The second-order valence-electron chi connectivity index (χ2n) is 4.57. The summed E-state index contributed by atoms with van der Waals surface area (Å²) in [4.78, 5) is 14.9. The molecule has 0 bridgehead atoms. The summed E-state index contributed by atoms with van der Waals surface area (Å²) in [5, 5.41) is 23.4. The van der Waals surface area contributed by atoms with Crippen LogP contribution >= 0.6 is 0 Å². The fraction of sp³-hybridized carbons (Fsp3) is 0.500. The number of tetrazole rings is 1. The van der Waals surface area contributed by atoms with Crippen LogP contribution in [0.4, 0.5) is 5.82 Å². The molecule has 1 aliphatic carbocycles. The molecule has 8 heteroatoms. The third-order valence-electron chi connectivity index (χ3n) is 3.30. The number of rotatable bonds is 4. The van der Waals surface area contributed by atoms with Crippen molar-refractivity contribution in [1.29, 1.82) is 0 Å². The first kappa shape index (κ1) is 10.9. The zero-order valence-electron chi connectivity index (χ0n) is 9.57. The van der Waals surface area contributed by atoms with Crippen LogP contribution in [0, 0.1) is 0 Å². The van der Waals surface area contributed by atoms with E-state index in [2.05, 4.69) is 25.8 Å². The molecule has 0 aromatic carbocycles. The summed E-state index contributed by atoms with van der Waals surface area (Å²) in [5.41, 5.74) is 0.137. The fourth-order valence-electron chi connectivity index (χ4n) is 2.27. The first-order chi connectivity index (χ1) is 8.69. The van der Waals surface area contributed by atoms with Crippen molar-refractivity contribution in [2.75, 3.05) is 5.32 Å². The molecule has 2 aromatic rings. The van der Waals surface area contributed by atoms with Gasteiger partial charge in [0.25, 0.3) is 0 Å². The van der Waals surface area contributed by atoms with Crippen LogP contribution in [0.2, 0.25) is 0 Å². The van der Waals surface area contributed by atoms with Gasteiger partial charge in [0.1, 0.15) is 0 Å². The predicted octanol–water partition coefficient (Wildman–Crippen LogP) is 0.329. The maximum Gasteiger partial charge on any atom is 0.305 e. The second kappa shape index (κ2) is 3.90. The number of hydrogen-bond acceptors (Lipinski definition) is 6. The lowest BCUT2D eigenvalue weighted by atomic mass is 9.74. The lowest BCUT2D eigenvalue weighted by molar-refractivity contribution is -0.138. The van der Waals surface area contributed by atoms with E-state index in [1.807, 2.05) is 0 Å². The van der Waals surface area contributed by atoms with E-state index < -0.39 is 11.5 Å². The number of aromatic nitrogens is 5. The molecule has 2 heterocycles. The summed E-state index contributed by atoms with van der Waals surface area (Å²) in [7, 11) is 0. The van der Waals surface area contributed by atoms with Crippen LogP contribution < -0.4 is 5.32 Å². The molecule has 1 saturated carbocycles. The van der Waals surface area contributed by atoms with Crippen molar-refractivity contribution in [2.45, 2.75) is 31.2 Å². The van der Waals surface area contributed by atoms with Crippen LogP contribution in [0.15, 0.2) is 12.4 Å². The van der Waals surface area contributed by atoms with Crippen molar-refractivity contribution in [2.24, 2.45) is 0 Å². The lowest BCUT2D eigenvalue weighted by Crippen LogP contribution is -2.47. The van der Waals surface area contributed by atoms with E-state index in [1.54, 1.807) is 12.4 Å². The van der Waals surface area contributed by atoms with Gasteiger partial charge in [-0.05, 0) is 29.7 Å². The molecule has 0 aliphatic heterocycles. The van der Waals surface area contributed by atoms with Crippen LogP contribution in [0.5, 0.6) is 0 Å². The first-order valence-electron chi connectivity index (χ1n) is 5.71. The normalized spacial score (nSPS) is 17.3. The van der Waals surface area contributed by atoms with Crippen molar-refractivity contribution in [3.63, 3.8) is 0 Å². The van der Waals surface area contributed by atoms with Crippen LogP contribution in [0.1, 0.15) is 25.7 Å². The largest absolute Gasteiger partial charge is 0.481 e. The third-order valence-corrected chi connectivity index (χ3v) is 3.30. The van der Waals surface area contributed by atoms with Crippen LogP contribution in [0.25, 0.3) is 5.65 Å². The van der Waals surface area contributed by atoms with Crippen molar-refractivity contribution < 1.29 is 9.90 Å². The van der Waals surface area contributed by atoms with Gasteiger partial charge in [-0.25, -0.2) is 0 Å². The summed E-state index contributed by atoms with van der Waals surface area (Å²) in [6.45, 7) is 0. The van der Waals surface area contributed by atoms with E-state index in [-0.39, 0.29) is 6.42 Å². The molecule has 94 valence electrons. The molecule has 18 heavy (non-hydrogen) atoms. The maximum atomic E-state index is 10.9. The smallest absolute Gasteiger partial charge is 0.305 e. The highest BCUT2D eigenvalue weighted by atomic mass is 16.4. The second-order valence-corrected chi connectivity index (χ2v) is 4.57. The standard InChI is InChI=1S/C10H12N6O2/c17-9(18)4-10(2-1-3-10)12-7-5-11-6-8-13-14-15-16(7)8/h5-6,12H,1-4H2,(H,17,18). The van der Waals surface area contributed by atoms with E-state index in [9.17, 15) is 4.79 Å². The van der Waals surface area contributed by atoms with Crippen molar-refractivity contribution >= 4 is 17.4 Å². The number of carboxylic acids is 1. The van der Waals surface area contributed by atoms with Crippen LogP contribution in [0.3, 0.4) is 0 Å². The molecule has 8 nitrogen and oxygen atoms in total. The maximum absolute atomic E-state index is 10.9. The minimum atomic E-state index is -0.806. The molecule has 2 aromatic heterocycles. The molecular formula is C10H12N6O2. The van der Waals surface area contributed by atoms with Gasteiger partial charge in [-0.1, -0.05) is 0 Å². The molecule has 1 aliphatic rings. The van der Waals surface area contributed by atoms with Gasteiger partial charge >= 0.3 is 5.97 Å². The van der Waals surface area contributed by atoms with Gasteiger partial charge in [-0.2, -0.15) is 4.52 Å². The Kier molecular flexibility index (Phi) is 2.35. The van der Waals surface area contributed by atoms with Gasteiger partial charge in [0.05, 0.1) is 18.8 Å². The Morgan fingerprint density at radius 2 is 2.33 bits per heavy atom. The molecule has 0 radical (unpaired) electrons. The number of carboxylic acid groups (broad SMARTS) is 1. The highest BCUT2D eigenvalue weighted by Crippen LogP contribution is 2.37. The summed E-state index contributed by atoms with van der Waals surface area (Å²) in [5.74, 6) is -0.183. The Hall–Kier alpha value is -2.25. The summed E-state index contributed by atoms with van der Waals surface area (Å²) >= 11 is 0. The Morgan fingerprint density at radius 1 is 1.50 bits per heavy atom. The molecule has 3 rings (SSSR count). The number of fused-ring (bicyclic) bond motifs is 1. The van der Waals surface area contributed by atoms with Crippen LogP contribution in [-0.4, -0.2) is 41.6 Å². The molecular weight excluding hydrogens is 236 g/mol. The molecule has 0 saturated heterocycles. The summed E-state index contributed by atoms with van der Waals surface area (Å²) in [6, 6.07) is 0. The van der Waals surface area contributed by atoms with Crippen molar-refractivity contribution in [3.8, 4) is 0 Å². The van der Waals surface area contributed by atoms with Gasteiger partial charge in [0, 0.05) is 5.54 Å². The molecule has 0 unspecified atom stereocenters. The Bertz CT molecular complexity index is 591. The average Bonchev–Trinajstić information content (AvgIpc) is 2.74. The van der Waals surface area contributed by atoms with Gasteiger partial charge < -0.3 is 10.4 Å². The molecule has 0 atom stereocenters. The third kappa shape index (κ3) is 1.75. The molecule has 2 N–H and O–H groups in total. The number of carbonyl (C=O) groups is 1. The van der Waals surface area contributed by atoms with Gasteiger partial charge in [0.15, 0.2) is 11.5 Å². The Labute approximate surface area is 102 Å². The number of nitrogens with one attached hydrogen (secondary N) is 1. The predicted molar refractivity (Wildman–Crippen MR) is 61.0 cm³/mol. The van der Waals surface area contributed by atoms with Gasteiger partial charge in [-0.3, -0.25) is 9.78 Å². The van der Waals surface area contributed by atoms with E-state index in [0.717, 1.165) is 19.3 Å². The quantitative estimate of drug-likeness (QED) is 0.803. The fourth-order valence-corrected chi connectivity index (χ4v) is 2.27. The highest BCUT2D eigenvalue weighted by molar-refractivity contribution is 5.69. The van der Waals surface area contributed by atoms with Crippen molar-refractivity contribution in [1.82, 2.24) is 25.0 Å². The summed E-state index contributed by atoms with van der Waals surface area (Å²) < 4.78 is 1.52. The minimum absolute atomic E-state index is 0.0888. The molecule has 0 amide bonds. The SMILES string of the molecule is O=C(O)CC1(Nc2cncc3nnnn23)CCC1. The van der Waals surface area contributed by atoms with Gasteiger partial charge in [-0.15, -0.1) is 5.10 Å². The topological polar surface area (TPSA) is 105 Å². The highest BCUT2D eigenvalue weighted by Gasteiger charge is 2.39. The van der Waals surface area contributed by atoms with E-state index in [1.165, 1.54) is 4.52 Å². The Morgan fingerprint density at radius 3 is 3.00 bits per heavy atom. The van der Waals surface area contributed by atoms with Gasteiger partial charge in [0.2, 0.25) is 0 Å². The summed E-state index contributed by atoms with van der Waals surface area (Å²) in [6.07, 6.45) is 5.93. The number of anilines is 1.